The predicted octanol–water partition coefficient (Wildman–Crippen LogP) is 20.6. The highest BCUT2D eigenvalue weighted by molar-refractivity contribution is 7.27. The first-order valence-corrected chi connectivity index (χ1v) is 27.6. The maximum absolute atomic E-state index is 12.3. The van der Waals surface area contributed by atoms with E-state index in [0.29, 0.717) is 22.5 Å². The largest absolute Gasteiger partial charge is 0.456 e. The normalized spacial score (nSPS) is 12.2. The molecule has 350 valence electrons. The molecule has 5 nitrogen and oxygen atoms in total. The van der Waals surface area contributed by atoms with E-state index in [2.05, 4.69) is 185 Å². The molecular weight excluding hydrogens is 985 g/mol. The number of thiophene rings is 3. The average molecular weight is 1020 g/mol. The molecule has 8 heteroatoms. The summed E-state index contributed by atoms with van der Waals surface area (Å²) in [7, 11) is 0. The molecule has 6 aromatic heterocycles. The molecule has 0 spiro atoms. The molecule has 0 unspecified atom stereocenters. The molecule has 17 aromatic rings. The number of hydrogen-bond acceptors (Lipinski definition) is 5. The molecule has 0 N–H and O–H groups in total. The fraction of sp³-hybridized carbons (Fsp3) is 0. The number of aromatic nitrogens is 2. The number of fused-ring (bicyclic) bond motifs is 21. The lowest BCUT2D eigenvalue weighted by molar-refractivity contribution is 0.669. The molecule has 0 bridgehead atoms. The Kier molecular flexibility index (Phi) is 8.54. The van der Waals surface area contributed by atoms with Crippen LogP contribution in [0.15, 0.2) is 211 Å². The van der Waals surface area contributed by atoms with Crippen molar-refractivity contribution < 1.29 is 4.42 Å². The van der Waals surface area contributed by atoms with Crippen molar-refractivity contribution in [2.24, 2.45) is 0 Å². The first-order valence-electron chi connectivity index (χ1n) is 25.2. The van der Waals surface area contributed by atoms with Crippen LogP contribution in [0.3, 0.4) is 0 Å². The molecular formula is C68H34N4OS3. The van der Waals surface area contributed by atoms with Crippen LogP contribution in [0, 0.1) is 17.9 Å². The third-order valence-electron chi connectivity index (χ3n) is 15.8. The van der Waals surface area contributed by atoms with E-state index in [1.165, 1.54) is 41.0 Å². The van der Waals surface area contributed by atoms with Gasteiger partial charge in [0.15, 0.2) is 0 Å². The Hall–Kier alpha value is -9.54. The van der Waals surface area contributed by atoms with Crippen LogP contribution in [-0.2, 0) is 0 Å². The Bertz CT molecular complexity index is 5370. The number of nitriles is 1. The van der Waals surface area contributed by atoms with Crippen molar-refractivity contribution in [2.75, 3.05) is 0 Å². The van der Waals surface area contributed by atoms with Gasteiger partial charge < -0.3 is 13.6 Å². The summed E-state index contributed by atoms with van der Waals surface area (Å²) in [6, 6.07) is 75.9. The monoisotopic (exact) mass is 1020 g/mol. The molecule has 0 fully saturated rings. The molecule has 76 heavy (non-hydrogen) atoms. The van der Waals surface area contributed by atoms with Crippen molar-refractivity contribution in [3.63, 3.8) is 0 Å². The lowest BCUT2D eigenvalue weighted by Crippen LogP contribution is -2.09. The standard InChI is InChI=1S/C68H34N4OS3/c1-70-60-58(37-16-4-2-5-17-37)51(36-69)61(71-52-34-50-39-20-8-12-24-53(39)73-54(50)35-49(52)45-30-33-46-40-21-9-13-25-55(40)74-66(46)62(45)71)59(38-18-6-3-7-19-38)65(60)72-63-43(28-31-47-41-22-10-14-26-56(41)75-67(47)63)44-29-32-48-42-23-11-15-27-57(42)76-68(48)64(44)72/h2-35H. The number of nitrogens with zero attached hydrogens (tertiary/aromatic N) is 4. The maximum atomic E-state index is 12.3. The van der Waals surface area contributed by atoms with Gasteiger partial charge in [-0.25, -0.2) is 4.85 Å². The van der Waals surface area contributed by atoms with Crippen molar-refractivity contribution in [1.29, 1.82) is 5.26 Å². The lowest BCUT2D eigenvalue weighted by Gasteiger charge is -2.26. The van der Waals surface area contributed by atoms with E-state index in [0.717, 1.165) is 107 Å². The van der Waals surface area contributed by atoms with E-state index in [1.807, 2.05) is 36.4 Å². The molecule has 0 saturated heterocycles. The fourth-order valence-electron chi connectivity index (χ4n) is 12.6. The highest BCUT2D eigenvalue weighted by Gasteiger charge is 2.34. The predicted molar refractivity (Wildman–Crippen MR) is 323 cm³/mol. The first-order chi connectivity index (χ1) is 37.6. The van der Waals surface area contributed by atoms with Crippen LogP contribution in [0.4, 0.5) is 5.69 Å². The highest BCUT2D eigenvalue weighted by Crippen LogP contribution is 2.56. The Labute approximate surface area is 444 Å². The van der Waals surface area contributed by atoms with Gasteiger partial charge >= 0.3 is 0 Å². The van der Waals surface area contributed by atoms with E-state index in [9.17, 15) is 11.8 Å². The lowest BCUT2D eigenvalue weighted by atomic mass is 9.88. The first kappa shape index (κ1) is 41.9. The van der Waals surface area contributed by atoms with Gasteiger partial charge in [-0.15, -0.1) is 34.0 Å². The van der Waals surface area contributed by atoms with Gasteiger partial charge in [0, 0.05) is 89.9 Å². The Balaban J connectivity index is 1.19. The second-order valence-corrected chi connectivity index (χ2v) is 22.7. The van der Waals surface area contributed by atoms with Gasteiger partial charge in [0.05, 0.1) is 59.7 Å². The molecule has 0 saturated carbocycles. The second-order valence-electron chi connectivity index (χ2n) is 19.6. The summed E-state index contributed by atoms with van der Waals surface area (Å²) in [4.78, 5) is 4.72. The van der Waals surface area contributed by atoms with Crippen molar-refractivity contribution >= 4 is 166 Å². The zero-order valence-electron chi connectivity index (χ0n) is 40.1. The number of furan rings is 1. The molecule has 0 aliphatic rings. The van der Waals surface area contributed by atoms with Gasteiger partial charge in [-0.05, 0) is 47.5 Å². The van der Waals surface area contributed by atoms with E-state index in [4.69, 9.17) is 9.26 Å². The van der Waals surface area contributed by atoms with Gasteiger partial charge in [0.25, 0.3) is 0 Å². The smallest absolute Gasteiger partial charge is 0.220 e. The minimum atomic E-state index is 0.413. The average Bonchev–Trinajstić information content (AvgIpc) is 4.52. The van der Waals surface area contributed by atoms with E-state index >= 15 is 0 Å². The van der Waals surface area contributed by atoms with E-state index in [1.54, 1.807) is 34.0 Å². The maximum Gasteiger partial charge on any atom is 0.220 e. The van der Waals surface area contributed by atoms with Gasteiger partial charge in [0.1, 0.15) is 17.2 Å². The number of benzene rings is 11. The van der Waals surface area contributed by atoms with Crippen LogP contribution in [-0.4, -0.2) is 9.13 Å². The number of para-hydroxylation sites is 1. The van der Waals surface area contributed by atoms with Gasteiger partial charge in [0.2, 0.25) is 5.69 Å². The zero-order chi connectivity index (χ0) is 49.9. The van der Waals surface area contributed by atoms with Crippen LogP contribution in [0.5, 0.6) is 0 Å². The van der Waals surface area contributed by atoms with Gasteiger partial charge in [-0.3, -0.25) is 0 Å². The van der Waals surface area contributed by atoms with Gasteiger partial charge in [-0.2, -0.15) is 5.26 Å². The zero-order valence-corrected chi connectivity index (χ0v) is 42.5. The summed E-state index contributed by atoms with van der Waals surface area (Å²) < 4.78 is 18.5. The van der Waals surface area contributed by atoms with Crippen molar-refractivity contribution in [3.05, 3.63) is 223 Å². The molecule has 0 radical (unpaired) electrons. The third kappa shape index (κ3) is 5.49. The summed E-state index contributed by atoms with van der Waals surface area (Å²) in [5, 5.41) is 25.7. The highest BCUT2D eigenvalue weighted by atomic mass is 32.1. The van der Waals surface area contributed by atoms with Crippen LogP contribution in [0.25, 0.3) is 165 Å². The molecule has 0 amide bonds. The molecule has 0 atom stereocenters. The minimum absolute atomic E-state index is 0.413. The molecule has 0 aliphatic heterocycles. The van der Waals surface area contributed by atoms with Gasteiger partial charge in [-0.1, -0.05) is 170 Å². The topological polar surface area (TPSA) is 51.1 Å². The van der Waals surface area contributed by atoms with E-state index in [-0.39, 0.29) is 0 Å². The van der Waals surface area contributed by atoms with Crippen molar-refractivity contribution in [1.82, 2.24) is 9.13 Å². The summed E-state index contributed by atoms with van der Waals surface area (Å²) >= 11 is 5.38. The summed E-state index contributed by atoms with van der Waals surface area (Å²) in [5.74, 6) is 0. The molecule has 17 rings (SSSR count). The summed E-state index contributed by atoms with van der Waals surface area (Å²) in [6.07, 6.45) is 0. The quantitative estimate of drug-likeness (QED) is 0.165. The molecule has 11 aromatic carbocycles. The summed E-state index contributed by atoms with van der Waals surface area (Å²) in [6.45, 7) is 9.64. The van der Waals surface area contributed by atoms with Crippen molar-refractivity contribution in [3.8, 4) is 39.7 Å². The van der Waals surface area contributed by atoms with Crippen LogP contribution >= 0.6 is 34.0 Å². The minimum Gasteiger partial charge on any atom is -0.456 e. The Morgan fingerprint density at radius 3 is 1.37 bits per heavy atom. The Morgan fingerprint density at radius 1 is 0.395 bits per heavy atom. The second kappa shape index (κ2) is 15.5. The summed E-state index contributed by atoms with van der Waals surface area (Å²) in [5.41, 5.74) is 11.0. The van der Waals surface area contributed by atoms with Crippen LogP contribution in [0.1, 0.15) is 5.56 Å². The molecule has 6 heterocycles. The fourth-order valence-corrected chi connectivity index (χ4v) is 16.3. The van der Waals surface area contributed by atoms with Crippen LogP contribution < -0.4 is 0 Å². The molecule has 0 aliphatic carbocycles. The van der Waals surface area contributed by atoms with E-state index < -0.39 is 0 Å². The van der Waals surface area contributed by atoms with Crippen LogP contribution in [0.2, 0.25) is 0 Å². The SMILES string of the molecule is [C-]#[N+]c1c(-c2ccccc2)c(C#N)c(-n2c3cc4c(cc3c3ccc5c6ccccc6sc5c32)oc2ccccc24)c(-c2ccccc2)c1-n1c2c(ccc3c4ccccc4sc32)c2ccc3c4ccccc4sc3c21. The third-order valence-corrected chi connectivity index (χ3v) is 19.3. The van der Waals surface area contributed by atoms with Crippen molar-refractivity contribution in [2.45, 2.75) is 0 Å². The number of hydrogen-bond donors (Lipinski definition) is 0. The Morgan fingerprint density at radius 2 is 0.842 bits per heavy atom. The number of rotatable bonds is 4.